The Balaban J connectivity index is 0.000000498. The second kappa shape index (κ2) is 10.2. The molecule has 0 radical (unpaired) electrons. The molecule has 6 heteroatoms. The van der Waals surface area contributed by atoms with Gasteiger partial charge in [-0.2, -0.15) is 0 Å². The molecule has 0 spiro atoms. The predicted molar refractivity (Wildman–Crippen MR) is 97.0 cm³/mol. The zero-order valence-corrected chi connectivity index (χ0v) is 15.2. The first-order valence-electron chi connectivity index (χ1n) is 8.65. The lowest BCUT2D eigenvalue weighted by Gasteiger charge is -2.24. The first-order valence-corrected chi connectivity index (χ1v) is 8.65. The van der Waals surface area contributed by atoms with Crippen molar-refractivity contribution in [3.8, 4) is 0 Å². The second-order valence-corrected chi connectivity index (χ2v) is 7.71. The van der Waals surface area contributed by atoms with Crippen LogP contribution in [0, 0.1) is 11.8 Å². The van der Waals surface area contributed by atoms with E-state index in [9.17, 15) is 9.90 Å². The summed E-state index contributed by atoms with van der Waals surface area (Å²) in [5.41, 5.74) is -0.444. The van der Waals surface area contributed by atoms with E-state index in [4.69, 9.17) is 9.84 Å². The van der Waals surface area contributed by atoms with Crippen LogP contribution < -0.4 is 5.32 Å². The Kier molecular flexibility index (Phi) is 9.85. The molecule has 0 saturated carbocycles. The van der Waals surface area contributed by atoms with Gasteiger partial charge in [-0.25, -0.2) is 4.79 Å². The van der Waals surface area contributed by atoms with E-state index in [0.717, 1.165) is 25.9 Å². The normalized spacial score (nSPS) is 26.0. The van der Waals surface area contributed by atoms with Crippen molar-refractivity contribution in [3.05, 3.63) is 0 Å². The van der Waals surface area contributed by atoms with Crippen LogP contribution in [0.4, 0.5) is 4.79 Å². The largest absolute Gasteiger partial charge is 0.444 e. The maximum Gasteiger partial charge on any atom is 0.410 e. The molecule has 24 heavy (non-hydrogen) atoms. The van der Waals surface area contributed by atoms with E-state index >= 15 is 0 Å². The Morgan fingerprint density at radius 1 is 1.17 bits per heavy atom. The Bertz CT molecular complexity index is 361. The second-order valence-electron chi connectivity index (χ2n) is 7.71. The Hall–Kier alpha value is -0.850. The summed E-state index contributed by atoms with van der Waals surface area (Å²) in [6.45, 7) is 12.6. The van der Waals surface area contributed by atoms with Gasteiger partial charge in [-0.05, 0) is 59.9 Å². The number of nitrogens with zero attached hydrogens (tertiary/aromatic N) is 1. The highest BCUT2D eigenvalue weighted by molar-refractivity contribution is 5.68. The number of aliphatic hydroxyl groups excluding tert-OH is 2. The fourth-order valence-electron chi connectivity index (χ4n) is 2.76. The summed E-state index contributed by atoms with van der Waals surface area (Å²) in [6.07, 6.45) is 1.25. The number of hydrogen-bond acceptors (Lipinski definition) is 5. The SMILES string of the molecule is C.CC(O)C1CCN(C(=O)OC(C)(C)C)C1.CC(O)C1CCNC1. The number of amides is 1. The van der Waals surface area contributed by atoms with Crippen LogP contribution in [0.5, 0.6) is 0 Å². The fourth-order valence-corrected chi connectivity index (χ4v) is 2.76. The van der Waals surface area contributed by atoms with Crippen molar-refractivity contribution < 1.29 is 19.7 Å². The molecule has 0 aromatic heterocycles. The zero-order chi connectivity index (χ0) is 17.6. The van der Waals surface area contributed by atoms with Crippen molar-refractivity contribution in [1.82, 2.24) is 10.2 Å². The average molecular weight is 347 g/mol. The summed E-state index contributed by atoms with van der Waals surface area (Å²) in [5, 5.41) is 21.6. The highest BCUT2D eigenvalue weighted by Crippen LogP contribution is 2.21. The molecule has 0 aliphatic carbocycles. The number of aliphatic hydroxyl groups is 2. The average Bonchev–Trinajstić information content (AvgIpc) is 3.09. The van der Waals surface area contributed by atoms with Crippen molar-refractivity contribution in [2.24, 2.45) is 11.8 Å². The van der Waals surface area contributed by atoms with Gasteiger partial charge in [0.1, 0.15) is 5.60 Å². The van der Waals surface area contributed by atoms with E-state index in [1.165, 1.54) is 0 Å². The molecule has 2 saturated heterocycles. The molecule has 2 rings (SSSR count). The topological polar surface area (TPSA) is 82.0 Å². The molecule has 6 nitrogen and oxygen atoms in total. The molecule has 1 amide bonds. The van der Waals surface area contributed by atoms with E-state index in [2.05, 4.69) is 5.32 Å². The lowest BCUT2D eigenvalue weighted by atomic mass is 10.0. The number of carbonyl (C=O) groups excluding carboxylic acids is 1. The van der Waals surface area contributed by atoms with E-state index in [1.54, 1.807) is 11.8 Å². The molecular formula is C18H38N2O4. The van der Waals surface area contributed by atoms with Crippen LogP contribution in [0.25, 0.3) is 0 Å². The summed E-state index contributed by atoms with van der Waals surface area (Å²) >= 11 is 0. The van der Waals surface area contributed by atoms with Crippen LogP contribution in [0.3, 0.4) is 0 Å². The van der Waals surface area contributed by atoms with Crippen molar-refractivity contribution in [2.45, 2.75) is 72.7 Å². The van der Waals surface area contributed by atoms with Crippen LogP contribution in [-0.2, 0) is 4.74 Å². The van der Waals surface area contributed by atoms with Crippen LogP contribution in [0.1, 0.15) is 54.9 Å². The number of ether oxygens (including phenoxy) is 1. The standard InChI is InChI=1S/C11H21NO3.C6H13NO.CH4/c1-8(13)9-5-6-12(7-9)10(14)15-11(2,3)4;1-5(8)6-2-3-7-4-6;/h8-9,13H,5-7H2,1-4H3;5-8H,2-4H2,1H3;1H4. The monoisotopic (exact) mass is 346 g/mol. The van der Waals surface area contributed by atoms with Crippen molar-refractivity contribution >= 4 is 6.09 Å². The maximum absolute atomic E-state index is 11.7. The van der Waals surface area contributed by atoms with Gasteiger partial charge < -0.3 is 25.2 Å². The number of hydrogen-bond donors (Lipinski definition) is 3. The van der Waals surface area contributed by atoms with Crippen molar-refractivity contribution in [3.63, 3.8) is 0 Å². The van der Waals surface area contributed by atoms with Crippen molar-refractivity contribution in [1.29, 1.82) is 0 Å². The van der Waals surface area contributed by atoms with Gasteiger partial charge in [-0.1, -0.05) is 7.43 Å². The molecule has 3 N–H and O–H groups in total. The van der Waals surface area contributed by atoms with Crippen molar-refractivity contribution in [2.75, 3.05) is 26.2 Å². The molecule has 0 aromatic carbocycles. The van der Waals surface area contributed by atoms with Crippen LogP contribution in [0.2, 0.25) is 0 Å². The lowest BCUT2D eigenvalue weighted by molar-refractivity contribution is 0.0273. The van der Waals surface area contributed by atoms with Crippen LogP contribution in [0.15, 0.2) is 0 Å². The van der Waals surface area contributed by atoms with E-state index in [1.807, 2.05) is 27.7 Å². The maximum atomic E-state index is 11.7. The highest BCUT2D eigenvalue weighted by Gasteiger charge is 2.31. The number of likely N-dealkylation sites (tertiary alicyclic amines) is 1. The van der Waals surface area contributed by atoms with Gasteiger partial charge in [0.05, 0.1) is 12.2 Å². The van der Waals surface area contributed by atoms with Gasteiger partial charge in [-0.15, -0.1) is 0 Å². The van der Waals surface area contributed by atoms with E-state index in [0.29, 0.717) is 19.0 Å². The first kappa shape index (κ1) is 23.1. The quantitative estimate of drug-likeness (QED) is 0.714. The smallest absolute Gasteiger partial charge is 0.410 e. The molecule has 4 atom stereocenters. The minimum atomic E-state index is -0.444. The third kappa shape index (κ3) is 8.31. The molecule has 2 aliphatic rings. The molecule has 2 heterocycles. The third-order valence-electron chi connectivity index (χ3n) is 4.34. The number of nitrogens with one attached hydrogen (secondary N) is 1. The molecular weight excluding hydrogens is 308 g/mol. The van der Waals surface area contributed by atoms with Crippen LogP contribution >= 0.6 is 0 Å². The van der Waals surface area contributed by atoms with Gasteiger partial charge in [0.2, 0.25) is 0 Å². The highest BCUT2D eigenvalue weighted by atomic mass is 16.6. The summed E-state index contributed by atoms with van der Waals surface area (Å²) in [4.78, 5) is 13.3. The van der Waals surface area contributed by atoms with Gasteiger partial charge in [0, 0.05) is 25.6 Å². The lowest BCUT2D eigenvalue weighted by Crippen LogP contribution is -2.36. The summed E-state index contributed by atoms with van der Waals surface area (Å²) in [5.74, 6) is 0.701. The molecule has 2 fully saturated rings. The zero-order valence-electron chi connectivity index (χ0n) is 15.2. The molecule has 0 bridgehead atoms. The van der Waals surface area contributed by atoms with E-state index < -0.39 is 5.60 Å². The summed E-state index contributed by atoms with van der Waals surface area (Å²) < 4.78 is 5.26. The minimum Gasteiger partial charge on any atom is -0.444 e. The summed E-state index contributed by atoms with van der Waals surface area (Å²) in [6, 6.07) is 0. The first-order chi connectivity index (χ1) is 10.6. The molecule has 144 valence electrons. The minimum absolute atomic E-state index is 0. The Morgan fingerprint density at radius 2 is 1.75 bits per heavy atom. The van der Waals surface area contributed by atoms with Gasteiger partial charge in [0.15, 0.2) is 0 Å². The fraction of sp³-hybridized carbons (Fsp3) is 0.944. The third-order valence-corrected chi connectivity index (χ3v) is 4.34. The molecule has 2 aliphatic heterocycles. The predicted octanol–water partition coefficient (Wildman–Crippen LogP) is 2.24. The van der Waals surface area contributed by atoms with E-state index in [-0.39, 0.29) is 31.6 Å². The Labute approximate surface area is 147 Å². The molecule has 4 unspecified atom stereocenters. The van der Waals surface area contributed by atoms with Gasteiger partial charge in [-0.3, -0.25) is 0 Å². The Morgan fingerprint density at radius 3 is 2.08 bits per heavy atom. The van der Waals surface area contributed by atoms with Gasteiger partial charge >= 0.3 is 6.09 Å². The number of rotatable bonds is 2. The van der Waals surface area contributed by atoms with Gasteiger partial charge in [0.25, 0.3) is 0 Å². The number of carbonyl (C=O) groups is 1. The summed E-state index contributed by atoms with van der Waals surface area (Å²) in [7, 11) is 0. The van der Waals surface area contributed by atoms with Crippen LogP contribution in [-0.4, -0.2) is 65.2 Å². The molecule has 0 aromatic rings.